The number of hydrogen-bond acceptors (Lipinski definition) is 6. The molecule has 4 N–H and O–H groups in total. The number of halogens is 3. The number of nitrogens with zero attached hydrogens (tertiary/aromatic N) is 4. The molecule has 204 valence electrons. The van der Waals surface area contributed by atoms with Crippen LogP contribution in [0.1, 0.15) is 67.3 Å². The lowest BCUT2D eigenvalue weighted by atomic mass is 9.87. The Morgan fingerprint density at radius 1 is 1.05 bits per heavy atom. The number of rotatable bonds is 5. The molecule has 2 aliphatic heterocycles. The van der Waals surface area contributed by atoms with E-state index < -0.39 is 29.1 Å². The minimum atomic E-state index is -4.73. The fourth-order valence-electron chi connectivity index (χ4n) is 5.72. The van der Waals surface area contributed by atoms with Gasteiger partial charge < -0.3 is 21.1 Å². The fourth-order valence-corrected chi connectivity index (χ4v) is 5.72. The van der Waals surface area contributed by atoms with Crippen molar-refractivity contribution in [1.29, 1.82) is 0 Å². The van der Waals surface area contributed by atoms with Crippen LogP contribution in [-0.2, 0) is 11.8 Å². The van der Waals surface area contributed by atoms with Crippen LogP contribution in [-0.4, -0.2) is 62.9 Å². The Labute approximate surface area is 219 Å². The second-order valence-corrected chi connectivity index (χ2v) is 10.8. The van der Waals surface area contributed by atoms with Crippen molar-refractivity contribution in [3.05, 3.63) is 47.4 Å². The first-order chi connectivity index (χ1) is 17.9. The molecule has 0 radical (unpaired) electrons. The van der Waals surface area contributed by atoms with Crippen molar-refractivity contribution in [2.24, 2.45) is 5.73 Å². The van der Waals surface area contributed by atoms with Gasteiger partial charge in [-0.05, 0) is 88.0 Å². The van der Waals surface area contributed by atoms with Gasteiger partial charge in [0.1, 0.15) is 11.4 Å². The molecule has 2 fully saturated rings. The van der Waals surface area contributed by atoms with Crippen LogP contribution < -0.4 is 11.1 Å². The third kappa shape index (κ3) is 5.27. The van der Waals surface area contributed by atoms with E-state index in [0.29, 0.717) is 22.7 Å². The molecule has 1 aromatic carbocycles. The molecule has 0 saturated carbocycles. The van der Waals surface area contributed by atoms with Crippen molar-refractivity contribution in [2.75, 3.05) is 26.2 Å². The van der Waals surface area contributed by atoms with Gasteiger partial charge in [-0.3, -0.25) is 9.48 Å². The highest BCUT2D eigenvalue weighted by Crippen LogP contribution is 2.38. The number of carbonyl (C=O) groups excluding carboxylic acids is 1. The van der Waals surface area contributed by atoms with Gasteiger partial charge in [0.05, 0.1) is 17.2 Å². The van der Waals surface area contributed by atoms with E-state index in [-0.39, 0.29) is 11.6 Å². The number of primary amides is 1. The van der Waals surface area contributed by atoms with Gasteiger partial charge in [0.2, 0.25) is 0 Å². The molecule has 0 spiro atoms. The molecule has 1 amide bonds. The number of pyridine rings is 1. The predicted molar refractivity (Wildman–Crippen MR) is 137 cm³/mol. The summed E-state index contributed by atoms with van der Waals surface area (Å²) in [4.78, 5) is 18.3. The van der Waals surface area contributed by atoms with Gasteiger partial charge in [0.15, 0.2) is 0 Å². The Morgan fingerprint density at radius 3 is 2.34 bits per heavy atom. The van der Waals surface area contributed by atoms with Crippen LogP contribution in [0.3, 0.4) is 0 Å². The molecule has 5 rings (SSSR count). The second-order valence-electron chi connectivity index (χ2n) is 10.8. The molecule has 8 nitrogen and oxygen atoms in total. The van der Waals surface area contributed by atoms with Crippen molar-refractivity contribution in [1.82, 2.24) is 25.0 Å². The number of nitrogens with one attached hydrogen (secondary N) is 1. The number of fused-ring (bicyclic) bond motifs is 1. The second kappa shape index (κ2) is 9.94. The number of benzene rings is 1. The summed E-state index contributed by atoms with van der Waals surface area (Å²) in [6, 6.07) is 6.33. The third-order valence-electron chi connectivity index (χ3n) is 7.73. The Hall–Kier alpha value is -3.02. The lowest BCUT2D eigenvalue weighted by molar-refractivity contribution is -0.141. The highest BCUT2D eigenvalue weighted by atomic mass is 19.4. The van der Waals surface area contributed by atoms with Crippen LogP contribution in [0.2, 0.25) is 0 Å². The zero-order valence-corrected chi connectivity index (χ0v) is 21.6. The van der Waals surface area contributed by atoms with Gasteiger partial charge in [-0.1, -0.05) is 0 Å². The normalized spacial score (nSPS) is 18.8. The SMILES string of the molecule is CC(C)(O)c1cc2nn(C3CCN(C4CCNCC4)CC3)cc2cc1-c1ccc(C(F)(F)F)nc1C(N)=O. The number of likely N-dealkylation sites (tertiary alicyclic amines) is 1. The number of piperidine rings is 2. The van der Waals surface area contributed by atoms with Crippen molar-refractivity contribution in [3.8, 4) is 11.1 Å². The number of hydrogen-bond donors (Lipinski definition) is 3. The maximum absolute atomic E-state index is 13.3. The monoisotopic (exact) mass is 530 g/mol. The molecule has 0 atom stereocenters. The van der Waals surface area contributed by atoms with E-state index >= 15 is 0 Å². The van der Waals surface area contributed by atoms with Crippen LogP contribution >= 0.6 is 0 Å². The third-order valence-corrected chi connectivity index (χ3v) is 7.73. The quantitative estimate of drug-likeness (QED) is 0.463. The predicted octanol–water partition coefficient (Wildman–Crippen LogP) is 3.83. The molecule has 11 heteroatoms. The molecule has 4 heterocycles. The number of carbonyl (C=O) groups is 1. The van der Waals surface area contributed by atoms with E-state index in [1.165, 1.54) is 18.9 Å². The Bertz CT molecular complexity index is 1330. The number of alkyl halides is 3. The van der Waals surface area contributed by atoms with Gasteiger partial charge >= 0.3 is 6.18 Å². The van der Waals surface area contributed by atoms with Crippen molar-refractivity contribution < 1.29 is 23.1 Å². The Balaban J connectivity index is 1.50. The molecule has 2 saturated heterocycles. The number of aromatic nitrogens is 3. The fraction of sp³-hybridized carbons (Fsp3) is 0.519. The van der Waals surface area contributed by atoms with Crippen molar-refractivity contribution in [3.63, 3.8) is 0 Å². The summed E-state index contributed by atoms with van der Waals surface area (Å²) in [6.07, 6.45) is 1.49. The van der Waals surface area contributed by atoms with E-state index in [1.54, 1.807) is 26.0 Å². The summed E-state index contributed by atoms with van der Waals surface area (Å²) in [6.45, 7) is 7.29. The largest absolute Gasteiger partial charge is 0.433 e. The Kier molecular flexibility index (Phi) is 6.95. The average molecular weight is 531 g/mol. The van der Waals surface area contributed by atoms with Crippen LogP contribution in [0.5, 0.6) is 0 Å². The molecule has 2 aliphatic rings. The summed E-state index contributed by atoms with van der Waals surface area (Å²) in [5.41, 5.74) is 3.97. The first kappa shape index (κ1) is 26.6. The summed E-state index contributed by atoms with van der Waals surface area (Å²) < 4.78 is 41.8. The van der Waals surface area contributed by atoms with Crippen LogP contribution in [0.25, 0.3) is 22.0 Å². The minimum absolute atomic E-state index is 0.132. The minimum Gasteiger partial charge on any atom is -0.386 e. The van der Waals surface area contributed by atoms with E-state index in [9.17, 15) is 23.1 Å². The first-order valence-corrected chi connectivity index (χ1v) is 13.0. The number of aliphatic hydroxyl groups is 1. The zero-order chi connectivity index (χ0) is 27.2. The van der Waals surface area contributed by atoms with Crippen LogP contribution in [0.15, 0.2) is 30.5 Å². The molecule has 0 unspecified atom stereocenters. The molecule has 0 bridgehead atoms. The van der Waals surface area contributed by atoms with Gasteiger partial charge in [-0.25, -0.2) is 4.98 Å². The van der Waals surface area contributed by atoms with Gasteiger partial charge in [0.25, 0.3) is 5.91 Å². The summed E-state index contributed by atoms with van der Waals surface area (Å²) in [7, 11) is 0. The molecule has 2 aromatic heterocycles. The van der Waals surface area contributed by atoms with Gasteiger partial charge in [-0.15, -0.1) is 0 Å². The maximum Gasteiger partial charge on any atom is 0.433 e. The highest BCUT2D eigenvalue weighted by molar-refractivity contribution is 6.00. The summed E-state index contributed by atoms with van der Waals surface area (Å²) in [5.74, 6) is -1.08. The lowest BCUT2D eigenvalue weighted by Gasteiger charge is -2.39. The number of nitrogens with two attached hydrogens (primary N) is 1. The van der Waals surface area contributed by atoms with Crippen molar-refractivity contribution in [2.45, 2.75) is 63.4 Å². The van der Waals surface area contributed by atoms with E-state index in [2.05, 4.69) is 15.2 Å². The van der Waals surface area contributed by atoms with E-state index in [4.69, 9.17) is 10.8 Å². The zero-order valence-electron chi connectivity index (χ0n) is 21.6. The van der Waals surface area contributed by atoms with E-state index in [1.807, 2.05) is 10.9 Å². The van der Waals surface area contributed by atoms with E-state index in [0.717, 1.165) is 50.5 Å². The first-order valence-electron chi connectivity index (χ1n) is 13.0. The summed E-state index contributed by atoms with van der Waals surface area (Å²) in [5, 5.41) is 19.9. The molecular formula is C27H33F3N6O2. The Morgan fingerprint density at radius 2 is 1.74 bits per heavy atom. The average Bonchev–Trinajstić information content (AvgIpc) is 3.30. The van der Waals surface area contributed by atoms with Crippen LogP contribution in [0.4, 0.5) is 13.2 Å². The van der Waals surface area contributed by atoms with Crippen molar-refractivity contribution >= 4 is 16.8 Å². The maximum atomic E-state index is 13.3. The van der Waals surface area contributed by atoms with Gasteiger partial charge in [0, 0.05) is 36.3 Å². The lowest BCUT2D eigenvalue weighted by Crippen LogP contribution is -2.46. The molecule has 3 aromatic rings. The molecular weight excluding hydrogens is 497 g/mol. The standard InChI is InChI=1S/C27H33F3N6O2/c1-26(2,38)21-14-22-16(13-20(21)19-3-4-23(27(28,29)30)33-24(19)25(31)37)15-36(34-22)18-7-11-35(12-8-18)17-5-9-32-10-6-17/h3-4,13-15,17-18,32,38H,5-12H2,1-2H3,(H2,31,37). The topological polar surface area (TPSA) is 109 Å². The smallest absolute Gasteiger partial charge is 0.386 e. The number of amides is 1. The van der Waals surface area contributed by atoms with Crippen LogP contribution in [0, 0.1) is 0 Å². The molecule has 38 heavy (non-hydrogen) atoms. The molecule has 0 aliphatic carbocycles. The highest BCUT2D eigenvalue weighted by Gasteiger charge is 2.35. The van der Waals surface area contributed by atoms with Gasteiger partial charge in [-0.2, -0.15) is 18.3 Å². The summed E-state index contributed by atoms with van der Waals surface area (Å²) >= 11 is 0.